The average molecular weight is 177 g/mol. The van der Waals surface area contributed by atoms with Crippen molar-refractivity contribution < 1.29 is 5.11 Å². The van der Waals surface area contributed by atoms with Gasteiger partial charge in [-0.1, -0.05) is 17.7 Å². The molecule has 2 heteroatoms. The Morgan fingerprint density at radius 1 is 1.46 bits per heavy atom. The topological polar surface area (TPSA) is 33.1 Å². The van der Waals surface area contributed by atoms with Crippen LogP contribution < -0.4 is 0 Å². The summed E-state index contributed by atoms with van der Waals surface area (Å²) in [6.45, 7) is 5.85. The molecule has 1 atom stereocenters. The van der Waals surface area contributed by atoms with E-state index in [2.05, 4.69) is 4.98 Å². The highest BCUT2D eigenvalue weighted by molar-refractivity contribution is 5.20. The van der Waals surface area contributed by atoms with Gasteiger partial charge in [0.2, 0.25) is 0 Å². The van der Waals surface area contributed by atoms with E-state index in [1.54, 1.807) is 6.20 Å². The van der Waals surface area contributed by atoms with Crippen molar-refractivity contribution in [2.75, 3.05) is 0 Å². The van der Waals surface area contributed by atoms with Gasteiger partial charge in [-0.25, -0.2) is 0 Å². The highest BCUT2D eigenvalue weighted by atomic mass is 16.3. The molecule has 0 radical (unpaired) electrons. The summed E-state index contributed by atoms with van der Waals surface area (Å²) in [6, 6.07) is 3.80. The molecule has 0 fully saturated rings. The van der Waals surface area contributed by atoms with Crippen LogP contribution in [-0.4, -0.2) is 10.1 Å². The van der Waals surface area contributed by atoms with Gasteiger partial charge in [-0.15, -0.1) is 0 Å². The fourth-order valence-corrected chi connectivity index (χ4v) is 1.07. The molecule has 0 amide bonds. The molecule has 0 aromatic carbocycles. The molecule has 1 aromatic heterocycles. The molecule has 0 saturated carbocycles. The van der Waals surface area contributed by atoms with Crippen LogP contribution in [-0.2, 0) is 0 Å². The maximum absolute atomic E-state index is 9.67. The van der Waals surface area contributed by atoms with Crippen LogP contribution in [0.25, 0.3) is 0 Å². The van der Waals surface area contributed by atoms with Gasteiger partial charge in [0.15, 0.2) is 0 Å². The first-order chi connectivity index (χ1) is 6.09. The largest absolute Gasteiger partial charge is 0.384 e. The number of rotatable bonds is 2. The van der Waals surface area contributed by atoms with Crippen LogP contribution in [0, 0.1) is 6.92 Å². The van der Waals surface area contributed by atoms with Crippen molar-refractivity contribution >= 4 is 0 Å². The zero-order chi connectivity index (χ0) is 9.84. The minimum Gasteiger partial charge on any atom is -0.384 e. The Morgan fingerprint density at radius 2 is 2.15 bits per heavy atom. The molecular weight excluding hydrogens is 162 g/mol. The monoisotopic (exact) mass is 177 g/mol. The fourth-order valence-electron chi connectivity index (χ4n) is 1.07. The normalized spacial score (nSPS) is 12.3. The van der Waals surface area contributed by atoms with Crippen molar-refractivity contribution in [3.63, 3.8) is 0 Å². The fraction of sp³-hybridized carbons (Fsp3) is 0.364. The Morgan fingerprint density at radius 3 is 2.62 bits per heavy atom. The summed E-state index contributed by atoms with van der Waals surface area (Å²) in [5.74, 6) is 0. The number of hydrogen-bond donors (Lipinski definition) is 1. The Balaban J connectivity index is 2.83. The van der Waals surface area contributed by atoms with Gasteiger partial charge >= 0.3 is 0 Å². The molecule has 0 aliphatic carbocycles. The predicted molar refractivity (Wildman–Crippen MR) is 53.4 cm³/mol. The molecule has 1 heterocycles. The summed E-state index contributed by atoms with van der Waals surface area (Å²) in [5.41, 5.74) is 2.91. The predicted octanol–water partition coefficient (Wildman–Crippen LogP) is 2.39. The number of aromatic nitrogens is 1. The lowest BCUT2D eigenvalue weighted by Gasteiger charge is -2.06. The van der Waals surface area contributed by atoms with Crippen molar-refractivity contribution in [2.24, 2.45) is 0 Å². The van der Waals surface area contributed by atoms with Gasteiger partial charge < -0.3 is 5.11 Å². The summed E-state index contributed by atoms with van der Waals surface area (Å²) in [4.78, 5) is 4.12. The van der Waals surface area contributed by atoms with Crippen LogP contribution in [0.1, 0.15) is 31.2 Å². The van der Waals surface area contributed by atoms with E-state index < -0.39 is 6.10 Å². The second kappa shape index (κ2) is 4.19. The van der Waals surface area contributed by atoms with Gasteiger partial charge in [0, 0.05) is 17.5 Å². The maximum Gasteiger partial charge on any atom is 0.0989 e. The number of aryl methyl sites for hydroxylation is 1. The highest BCUT2D eigenvalue weighted by Gasteiger charge is 2.02. The van der Waals surface area contributed by atoms with Crippen LogP contribution in [0.2, 0.25) is 0 Å². The van der Waals surface area contributed by atoms with Crippen molar-refractivity contribution in [1.29, 1.82) is 0 Å². The highest BCUT2D eigenvalue weighted by Crippen LogP contribution is 2.14. The average Bonchev–Trinajstić information content (AvgIpc) is 2.04. The SMILES string of the molecule is CC(C)=CC(O)c1ccc(C)nc1. The lowest BCUT2D eigenvalue weighted by atomic mass is 10.1. The quantitative estimate of drug-likeness (QED) is 0.703. The molecule has 0 bridgehead atoms. The summed E-state index contributed by atoms with van der Waals surface area (Å²) >= 11 is 0. The van der Waals surface area contributed by atoms with E-state index in [4.69, 9.17) is 0 Å². The zero-order valence-corrected chi connectivity index (χ0v) is 8.28. The molecule has 13 heavy (non-hydrogen) atoms. The smallest absolute Gasteiger partial charge is 0.0989 e. The van der Waals surface area contributed by atoms with Gasteiger partial charge in [0.1, 0.15) is 0 Å². The van der Waals surface area contributed by atoms with E-state index in [1.807, 2.05) is 39.0 Å². The summed E-state index contributed by atoms with van der Waals surface area (Å²) in [5, 5.41) is 9.67. The van der Waals surface area contributed by atoms with Crippen molar-refractivity contribution in [2.45, 2.75) is 26.9 Å². The first-order valence-electron chi connectivity index (χ1n) is 4.35. The number of nitrogens with zero attached hydrogens (tertiary/aromatic N) is 1. The molecule has 0 spiro atoms. The maximum atomic E-state index is 9.67. The molecule has 0 aliphatic heterocycles. The lowest BCUT2D eigenvalue weighted by Crippen LogP contribution is -1.95. The second-order valence-corrected chi connectivity index (χ2v) is 3.42. The second-order valence-electron chi connectivity index (χ2n) is 3.42. The molecule has 1 aromatic rings. The molecule has 0 saturated heterocycles. The standard InChI is InChI=1S/C11H15NO/c1-8(2)6-11(13)10-5-4-9(3)12-7-10/h4-7,11,13H,1-3H3. The van der Waals surface area contributed by atoms with E-state index in [1.165, 1.54) is 0 Å². The third-order valence-electron chi connectivity index (χ3n) is 1.77. The van der Waals surface area contributed by atoms with Crippen LogP contribution >= 0.6 is 0 Å². The van der Waals surface area contributed by atoms with Gasteiger partial charge in [-0.2, -0.15) is 0 Å². The first-order valence-corrected chi connectivity index (χ1v) is 4.35. The van der Waals surface area contributed by atoms with Crippen molar-refractivity contribution in [3.05, 3.63) is 41.2 Å². The molecule has 1 unspecified atom stereocenters. The molecule has 1 rings (SSSR count). The Hall–Kier alpha value is -1.15. The number of pyridine rings is 1. The third kappa shape index (κ3) is 2.99. The number of hydrogen-bond acceptors (Lipinski definition) is 2. The Kier molecular flexibility index (Phi) is 3.20. The minimum atomic E-state index is -0.530. The van der Waals surface area contributed by atoms with E-state index in [9.17, 15) is 5.11 Å². The van der Waals surface area contributed by atoms with E-state index in [-0.39, 0.29) is 0 Å². The van der Waals surface area contributed by atoms with Gasteiger partial charge in [0.25, 0.3) is 0 Å². The minimum absolute atomic E-state index is 0.530. The first kappa shape index (κ1) is 9.93. The number of allylic oxidation sites excluding steroid dienone is 1. The summed E-state index contributed by atoms with van der Waals surface area (Å²) < 4.78 is 0. The van der Waals surface area contributed by atoms with Crippen LogP contribution in [0.5, 0.6) is 0 Å². The number of aliphatic hydroxyl groups excluding tert-OH is 1. The van der Waals surface area contributed by atoms with E-state index in [0.29, 0.717) is 0 Å². The Bertz CT molecular complexity index is 296. The third-order valence-corrected chi connectivity index (χ3v) is 1.77. The van der Waals surface area contributed by atoms with Crippen LogP contribution in [0.4, 0.5) is 0 Å². The molecule has 2 nitrogen and oxygen atoms in total. The van der Waals surface area contributed by atoms with Crippen LogP contribution in [0.3, 0.4) is 0 Å². The summed E-state index contributed by atoms with van der Waals surface area (Å²) in [6.07, 6.45) is 2.99. The van der Waals surface area contributed by atoms with Gasteiger partial charge in [-0.05, 0) is 26.8 Å². The molecule has 70 valence electrons. The molecule has 0 aliphatic rings. The number of aliphatic hydroxyl groups is 1. The molecular formula is C11H15NO. The zero-order valence-electron chi connectivity index (χ0n) is 8.28. The van der Waals surface area contributed by atoms with E-state index in [0.717, 1.165) is 16.8 Å². The molecule has 1 N–H and O–H groups in total. The van der Waals surface area contributed by atoms with Crippen molar-refractivity contribution in [3.8, 4) is 0 Å². The Labute approximate surface area is 78.9 Å². The van der Waals surface area contributed by atoms with E-state index >= 15 is 0 Å². The summed E-state index contributed by atoms with van der Waals surface area (Å²) in [7, 11) is 0. The van der Waals surface area contributed by atoms with Crippen molar-refractivity contribution in [1.82, 2.24) is 4.98 Å². The van der Waals surface area contributed by atoms with Gasteiger partial charge in [-0.3, -0.25) is 4.98 Å². The lowest BCUT2D eigenvalue weighted by molar-refractivity contribution is 0.227. The van der Waals surface area contributed by atoms with Crippen LogP contribution in [0.15, 0.2) is 30.0 Å². The van der Waals surface area contributed by atoms with Gasteiger partial charge in [0.05, 0.1) is 6.10 Å².